The van der Waals surface area contributed by atoms with Gasteiger partial charge in [0.1, 0.15) is 0 Å². The lowest BCUT2D eigenvalue weighted by Gasteiger charge is -2.35. The van der Waals surface area contributed by atoms with E-state index in [1.807, 2.05) is 54.7 Å². The van der Waals surface area contributed by atoms with E-state index in [2.05, 4.69) is 43.9 Å². The first-order chi connectivity index (χ1) is 14.0. The number of rotatable bonds is 3. The number of carbonyl (C=O) groups is 1. The summed E-state index contributed by atoms with van der Waals surface area (Å²) in [6.07, 6.45) is 3.54. The second-order valence-corrected chi connectivity index (χ2v) is 8.66. The van der Waals surface area contributed by atoms with Crippen molar-refractivity contribution in [2.75, 3.05) is 22.3 Å². The quantitative estimate of drug-likeness (QED) is 0.463. The van der Waals surface area contributed by atoms with Crippen LogP contribution in [0.15, 0.2) is 59.2 Å². The Labute approximate surface area is 188 Å². The van der Waals surface area contributed by atoms with Crippen LogP contribution in [0.5, 0.6) is 0 Å². The molecular weight excluding hydrogens is 472 g/mol. The molecule has 0 radical (unpaired) electrons. The second-order valence-electron chi connectivity index (χ2n) is 6.97. The number of urea groups is 1. The molecule has 0 spiro atoms. The molecule has 1 aliphatic rings. The first-order valence-electron chi connectivity index (χ1n) is 9.36. The smallest absolute Gasteiger partial charge is 0.332 e. The second kappa shape index (κ2) is 8.81. The molecule has 150 valence electrons. The number of hydrogen-bond acceptors (Lipinski definition) is 4. The van der Waals surface area contributed by atoms with Gasteiger partial charge in [0, 0.05) is 45.9 Å². The summed E-state index contributed by atoms with van der Waals surface area (Å²) in [5, 5.41) is 4.87. The average molecular weight is 492 g/mol. The Morgan fingerprint density at radius 3 is 2.72 bits per heavy atom. The van der Waals surface area contributed by atoms with E-state index < -0.39 is 0 Å². The number of carbonyl (C=O) groups excluding carboxylic acids is 1. The van der Waals surface area contributed by atoms with Crippen molar-refractivity contribution in [3.63, 3.8) is 0 Å². The Kier molecular flexibility index (Phi) is 6.18. The SMILES string of the molecule is O=C(NC1CCN(c2ccnc3cc(Cl)ccc23)CC1)N(S)c1ccccc1Br. The molecule has 1 N–H and O–H groups in total. The third-order valence-corrected chi connectivity index (χ3v) is 6.42. The number of aromatic nitrogens is 1. The van der Waals surface area contributed by atoms with Gasteiger partial charge in [-0.2, -0.15) is 0 Å². The number of benzene rings is 2. The number of nitrogens with zero attached hydrogens (tertiary/aromatic N) is 3. The van der Waals surface area contributed by atoms with Crippen LogP contribution in [0.4, 0.5) is 16.2 Å². The highest BCUT2D eigenvalue weighted by atomic mass is 79.9. The van der Waals surface area contributed by atoms with Gasteiger partial charge in [-0.15, -0.1) is 0 Å². The van der Waals surface area contributed by atoms with Gasteiger partial charge in [-0.3, -0.25) is 4.98 Å². The first-order valence-corrected chi connectivity index (χ1v) is 10.9. The molecule has 0 atom stereocenters. The molecule has 2 aromatic carbocycles. The molecule has 1 fully saturated rings. The largest absolute Gasteiger partial charge is 0.371 e. The summed E-state index contributed by atoms with van der Waals surface area (Å²) in [6.45, 7) is 1.71. The van der Waals surface area contributed by atoms with Gasteiger partial charge >= 0.3 is 6.03 Å². The van der Waals surface area contributed by atoms with Crippen LogP contribution >= 0.6 is 40.3 Å². The summed E-state index contributed by atoms with van der Waals surface area (Å²) in [5.41, 5.74) is 2.76. The van der Waals surface area contributed by atoms with Crippen molar-refractivity contribution in [3.8, 4) is 0 Å². The number of thiol groups is 1. The maximum Gasteiger partial charge on any atom is 0.332 e. The van der Waals surface area contributed by atoms with E-state index in [1.165, 1.54) is 4.31 Å². The molecule has 3 aromatic rings. The van der Waals surface area contributed by atoms with E-state index in [4.69, 9.17) is 11.6 Å². The molecular formula is C21H20BrClN4OS. The summed E-state index contributed by atoms with van der Waals surface area (Å²) in [7, 11) is 0. The van der Waals surface area contributed by atoms with E-state index >= 15 is 0 Å². The van der Waals surface area contributed by atoms with Crippen molar-refractivity contribution in [1.29, 1.82) is 0 Å². The molecule has 4 rings (SSSR count). The lowest BCUT2D eigenvalue weighted by molar-refractivity contribution is 0.243. The van der Waals surface area contributed by atoms with Crippen LogP contribution in [0.25, 0.3) is 10.9 Å². The van der Waals surface area contributed by atoms with Crippen molar-refractivity contribution < 1.29 is 4.79 Å². The molecule has 2 amide bonds. The van der Waals surface area contributed by atoms with Crippen LogP contribution in [-0.4, -0.2) is 30.1 Å². The van der Waals surface area contributed by atoms with Crippen LogP contribution in [0.3, 0.4) is 0 Å². The number of amides is 2. The Morgan fingerprint density at radius 2 is 1.97 bits per heavy atom. The van der Waals surface area contributed by atoms with E-state index in [9.17, 15) is 4.79 Å². The summed E-state index contributed by atoms with van der Waals surface area (Å²) >= 11 is 13.9. The van der Waals surface area contributed by atoms with Gasteiger partial charge in [-0.05, 0) is 65.2 Å². The Balaban J connectivity index is 1.40. The number of halogens is 2. The van der Waals surface area contributed by atoms with Crippen molar-refractivity contribution in [3.05, 3.63) is 64.2 Å². The molecule has 2 heterocycles. The number of nitrogens with one attached hydrogen (secondary N) is 1. The van der Waals surface area contributed by atoms with Crippen molar-refractivity contribution >= 4 is 68.7 Å². The van der Waals surface area contributed by atoms with Crippen LogP contribution in [0, 0.1) is 0 Å². The van der Waals surface area contributed by atoms with Crippen LogP contribution in [0.1, 0.15) is 12.8 Å². The molecule has 0 bridgehead atoms. The number of hydrogen-bond donors (Lipinski definition) is 2. The maximum atomic E-state index is 12.6. The van der Waals surface area contributed by atoms with Gasteiger partial charge in [0.2, 0.25) is 0 Å². The van der Waals surface area contributed by atoms with Gasteiger partial charge in [-0.25, -0.2) is 9.10 Å². The average Bonchev–Trinajstić information content (AvgIpc) is 2.73. The van der Waals surface area contributed by atoms with E-state index in [1.54, 1.807) is 0 Å². The number of anilines is 2. The third-order valence-electron chi connectivity index (χ3n) is 5.12. The Bertz CT molecular complexity index is 1040. The fourth-order valence-electron chi connectivity index (χ4n) is 3.62. The predicted molar refractivity (Wildman–Crippen MR) is 126 cm³/mol. The van der Waals surface area contributed by atoms with E-state index in [0.717, 1.165) is 47.0 Å². The summed E-state index contributed by atoms with van der Waals surface area (Å²) < 4.78 is 2.17. The molecule has 8 heteroatoms. The zero-order chi connectivity index (χ0) is 20.4. The zero-order valence-electron chi connectivity index (χ0n) is 15.6. The van der Waals surface area contributed by atoms with E-state index in [-0.39, 0.29) is 12.1 Å². The number of para-hydroxylation sites is 1. The molecule has 0 saturated carbocycles. The fraction of sp³-hybridized carbons (Fsp3) is 0.238. The first kappa shape index (κ1) is 20.3. The molecule has 5 nitrogen and oxygen atoms in total. The minimum atomic E-state index is -0.220. The van der Waals surface area contributed by atoms with Gasteiger partial charge < -0.3 is 10.2 Å². The normalized spacial score (nSPS) is 14.8. The minimum absolute atomic E-state index is 0.110. The van der Waals surface area contributed by atoms with E-state index in [0.29, 0.717) is 10.7 Å². The number of piperidine rings is 1. The molecule has 1 aliphatic heterocycles. The van der Waals surface area contributed by atoms with Gasteiger partial charge in [0.05, 0.1) is 11.2 Å². The Morgan fingerprint density at radius 1 is 1.21 bits per heavy atom. The lowest BCUT2D eigenvalue weighted by Crippen LogP contribution is -2.47. The Hall–Kier alpha value is -1.96. The molecule has 29 heavy (non-hydrogen) atoms. The van der Waals surface area contributed by atoms with Crippen LogP contribution in [-0.2, 0) is 0 Å². The van der Waals surface area contributed by atoms with Gasteiger partial charge in [0.15, 0.2) is 0 Å². The number of pyridine rings is 1. The highest BCUT2D eigenvalue weighted by molar-refractivity contribution is 9.10. The minimum Gasteiger partial charge on any atom is -0.371 e. The molecule has 0 aliphatic carbocycles. The maximum absolute atomic E-state index is 12.6. The molecule has 0 unspecified atom stereocenters. The standard InChI is InChI=1S/C21H20BrClN4OS/c22-17-3-1-2-4-20(17)27(29)21(28)25-15-8-11-26(12-9-15)19-7-10-24-18-13-14(23)5-6-16(18)19/h1-7,10,13,15,29H,8-9,11-12H2,(H,25,28). The van der Waals surface area contributed by atoms with Crippen LogP contribution in [0.2, 0.25) is 5.02 Å². The topological polar surface area (TPSA) is 48.5 Å². The predicted octanol–water partition coefficient (Wildman–Crippen LogP) is 5.68. The summed E-state index contributed by atoms with van der Waals surface area (Å²) in [5.74, 6) is 0. The molecule has 1 saturated heterocycles. The van der Waals surface area contributed by atoms with Crippen molar-refractivity contribution in [2.45, 2.75) is 18.9 Å². The fourth-order valence-corrected chi connectivity index (χ4v) is 4.61. The zero-order valence-corrected chi connectivity index (χ0v) is 18.8. The monoisotopic (exact) mass is 490 g/mol. The van der Waals surface area contributed by atoms with Crippen LogP contribution < -0.4 is 14.5 Å². The summed E-state index contributed by atoms with van der Waals surface area (Å²) in [4.78, 5) is 19.4. The number of fused-ring (bicyclic) bond motifs is 1. The highest BCUT2D eigenvalue weighted by Crippen LogP contribution is 2.30. The van der Waals surface area contributed by atoms with Crippen molar-refractivity contribution in [1.82, 2.24) is 10.3 Å². The highest BCUT2D eigenvalue weighted by Gasteiger charge is 2.24. The molecule has 1 aromatic heterocycles. The summed E-state index contributed by atoms with van der Waals surface area (Å²) in [6, 6.07) is 15.2. The van der Waals surface area contributed by atoms with Gasteiger partial charge in [0.25, 0.3) is 0 Å². The van der Waals surface area contributed by atoms with Gasteiger partial charge in [-0.1, -0.05) is 36.5 Å². The lowest BCUT2D eigenvalue weighted by atomic mass is 10.0. The van der Waals surface area contributed by atoms with Crippen molar-refractivity contribution in [2.24, 2.45) is 0 Å². The third kappa shape index (κ3) is 4.47.